The number of hydrogen-bond acceptors (Lipinski definition) is 8. The number of nitrogens with zero attached hydrogens (tertiary/aromatic N) is 4. The second-order valence-electron chi connectivity index (χ2n) is 10.9. The number of benzene rings is 4. The highest BCUT2D eigenvalue weighted by Gasteiger charge is 2.33. The van der Waals surface area contributed by atoms with E-state index in [0.717, 1.165) is 11.1 Å². The van der Waals surface area contributed by atoms with Gasteiger partial charge in [0.2, 0.25) is 5.82 Å². The molecule has 0 unspecified atom stereocenters. The summed E-state index contributed by atoms with van der Waals surface area (Å²) in [4.78, 5) is 42.4. The zero-order chi connectivity index (χ0) is 32.8. The number of anilines is 1. The Hall–Kier alpha value is -4.99. The Morgan fingerprint density at radius 1 is 0.957 bits per heavy atom. The largest absolute Gasteiger partial charge is 0.381 e. The van der Waals surface area contributed by atoms with Crippen molar-refractivity contribution in [1.29, 1.82) is 0 Å². The molecule has 0 radical (unpaired) electrons. The normalized spacial score (nSPS) is 15.5. The molecule has 238 valence electrons. The number of aliphatic hydroxyl groups excluding tert-OH is 1. The number of aliphatic hydroxyl groups is 1. The first-order valence-corrected chi connectivity index (χ1v) is 15.9. The van der Waals surface area contributed by atoms with Crippen molar-refractivity contribution in [2.75, 3.05) is 18.7 Å². The molecule has 1 saturated heterocycles. The van der Waals surface area contributed by atoms with Gasteiger partial charge in [0, 0.05) is 25.9 Å². The predicted molar refractivity (Wildman–Crippen MR) is 181 cm³/mol. The van der Waals surface area contributed by atoms with Crippen molar-refractivity contribution in [3.8, 4) is 11.4 Å². The molecular formula is C34H30IN7O5. The Kier molecular flexibility index (Phi) is 9.94. The Morgan fingerprint density at radius 3 is 2.45 bits per heavy atom. The summed E-state index contributed by atoms with van der Waals surface area (Å²) in [6.45, 7) is 0.499. The Morgan fingerprint density at radius 2 is 1.70 bits per heavy atom. The number of hydrogen-bond donors (Lipinski definition) is 4. The van der Waals surface area contributed by atoms with Crippen LogP contribution < -0.4 is 10.6 Å². The fourth-order valence-corrected chi connectivity index (χ4v) is 6.06. The van der Waals surface area contributed by atoms with E-state index in [1.165, 1.54) is 6.07 Å². The van der Waals surface area contributed by atoms with E-state index in [2.05, 4.69) is 53.8 Å². The summed E-state index contributed by atoms with van der Waals surface area (Å²) in [5, 5.41) is 30.7. The first kappa shape index (κ1) is 32.0. The van der Waals surface area contributed by atoms with Crippen molar-refractivity contribution in [3.05, 3.63) is 129 Å². The van der Waals surface area contributed by atoms with Gasteiger partial charge >= 0.3 is 0 Å². The van der Waals surface area contributed by atoms with Gasteiger partial charge < -0.3 is 25.4 Å². The molecule has 0 bridgehead atoms. The van der Waals surface area contributed by atoms with E-state index in [-0.39, 0.29) is 30.7 Å². The molecule has 1 fully saturated rings. The van der Waals surface area contributed by atoms with E-state index >= 15 is 0 Å². The minimum absolute atomic E-state index is 0.129. The van der Waals surface area contributed by atoms with Gasteiger partial charge in [-0.3, -0.25) is 14.4 Å². The van der Waals surface area contributed by atoms with E-state index < -0.39 is 24.0 Å². The van der Waals surface area contributed by atoms with Crippen LogP contribution in [0.15, 0.2) is 103 Å². The summed E-state index contributed by atoms with van der Waals surface area (Å²) in [7, 11) is 0. The topological polar surface area (TPSA) is 162 Å². The molecule has 2 heterocycles. The summed E-state index contributed by atoms with van der Waals surface area (Å²) in [5.74, 6) is -1.18. The average molecular weight is 744 g/mol. The highest BCUT2D eigenvalue weighted by Crippen LogP contribution is 2.28. The van der Waals surface area contributed by atoms with Crippen LogP contribution in [0.3, 0.4) is 0 Å². The van der Waals surface area contributed by atoms with E-state index in [1.807, 2.05) is 60.7 Å². The molecule has 6 rings (SSSR count). The quantitative estimate of drug-likeness (QED) is 0.156. The molecule has 13 heteroatoms. The molecule has 47 heavy (non-hydrogen) atoms. The Balaban J connectivity index is 1.21. The summed E-state index contributed by atoms with van der Waals surface area (Å²) in [6.07, 6.45) is -1.45. The molecule has 1 aliphatic rings. The van der Waals surface area contributed by atoms with Crippen molar-refractivity contribution >= 4 is 46.0 Å². The van der Waals surface area contributed by atoms with Gasteiger partial charge in [-0.05, 0) is 75.7 Å². The van der Waals surface area contributed by atoms with Crippen molar-refractivity contribution in [2.24, 2.45) is 0 Å². The average Bonchev–Trinajstić information content (AvgIpc) is 3.82. The SMILES string of the molecule is O=C(N[C@@H](Cc1ccccc1)[C@H](O)C(=O)Nc1cccc(-c2nn[nH]n2)c1)c1cc(I)cc(C(=O)N2COC[C@@H]2c2ccccc2)c1. The maximum absolute atomic E-state index is 13.7. The zero-order valence-electron chi connectivity index (χ0n) is 24.9. The van der Waals surface area contributed by atoms with Crippen LogP contribution in [0.25, 0.3) is 11.4 Å². The van der Waals surface area contributed by atoms with Gasteiger partial charge in [-0.1, -0.05) is 72.8 Å². The third-order valence-corrected chi connectivity index (χ3v) is 8.36. The van der Waals surface area contributed by atoms with Crippen LogP contribution in [-0.2, 0) is 16.0 Å². The van der Waals surface area contributed by atoms with Gasteiger partial charge in [0.05, 0.1) is 18.7 Å². The van der Waals surface area contributed by atoms with E-state index in [9.17, 15) is 19.5 Å². The third kappa shape index (κ3) is 7.70. The molecule has 0 spiro atoms. The molecule has 1 aromatic heterocycles. The molecule has 3 amide bonds. The first-order chi connectivity index (χ1) is 22.9. The molecule has 0 aliphatic carbocycles. The fraction of sp³-hybridized carbons (Fsp3) is 0.176. The molecular weight excluding hydrogens is 713 g/mol. The van der Waals surface area contributed by atoms with Crippen LogP contribution in [0.5, 0.6) is 0 Å². The molecule has 5 aromatic rings. The lowest BCUT2D eigenvalue weighted by molar-refractivity contribution is -0.125. The monoisotopic (exact) mass is 743 g/mol. The van der Waals surface area contributed by atoms with Crippen LogP contribution in [-0.4, -0.2) is 73.8 Å². The summed E-state index contributed by atoms with van der Waals surface area (Å²) in [6, 6.07) is 29.3. The molecule has 4 N–H and O–H groups in total. The number of tetrazole rings is 1. The number of nitrogens with one attached hydrogen (secondary N) is 3. The summed E-state index contributed by atoms with van der Waals surface area (Å²) >= 11 is 2.06. The van der Waals surface area contributed by atoms with Crippen molar-refractivity contribution in [3.63, 3.8) is 0 Å². The lowest BCUT2D eigenvalue weighted by Gasteiger charge is -2.25. The van der Waals surface area contributed by atoms with Crippen LogP contribution in [0, 0.1) is 3.57 Å². The van der Waals surface area contributed by atoms with Gasteiger partial charge in [-0.25, -0.2) is 0 Å². The fourth-order valence-electron chi connectivity index (χ4n) is 5.38. The van der Waals surface area contributed by atoms with E-state index in [4.69, 9.17) is 4.74 Å². The van der Waals surface area contributed by atoms with Crippen molar-refractivity contribution in [2.45, 2.75) is 24.6 Å². The minimum Gasteiger partial charge on any atom is -0.381 e. The third-order valence-electron chi connectivity index (χ3n) is 7.73. The highest BCUT2D eigenvalue weighted by atomic mass is 127. The summed E-state index contributed by atoms with van der Waals surface area (Å²) in [5.41, 5.74) is 3.33. The molecule has 12 nitrogen and oxygen atoms in total. The second kappa shape index (κ2) is 14.6. The lowest BCUT2D eigenvalue weighted by atomic mass is 9.99. The molecule has 3 atom stereocenters. The Bertz CT molecular complexity index is 1860. The smallest absolute Gasteiger partial charge is 0.256 e. The van der Waals surface area contributed by atoms with Gasteiger partial charge in [-0.2, -0.15) is 5.21 Å². The second-order valence-corrected chi connectivity index (χ2v) is 12.2. The molecule has 4 aromatic carbocycles. The number of carbonyl (C=O) groups excluding carboxylic acids is 3. The van der Waals surface area contributed by atoms with Crippen LogP contribution in [0.1, 0.15) is 37.9 Å². The van der Waals surface area contributed by atoms with Crippen LogP contribution in [0.2, 0.25) is 0 Å². The van der Waals surface area contributed by atoms with Crippen molar-refractivity contribution < 1.29 is 24.2 Å². The number of H-pyrrole nitrogens is 1. The Labute approximate surface area is 283 Å². The maximum Gasteiger partial charge on any atom is 0.256 e. The van der Waals surface area contributed by atoms with Gasteiger partial charge in [0.15, 0.2) is 6.10 Å². The molecule has 0 saturated carbocycles. The van der Waals surface area contributed by atoms with Gasteiger partial charge in [0.1, 0.15) is 6.73 Å². The maximum atomic E-state index is 13.7. The number of aromatic nitrogens is 4. The highest BCUT2D eigenvalue weighted by molar-refractivity contribution is 14.1. The van der Waals surface area contributed by atoms with Crippen LogP contribution in [0.4, 0.5) is 5.69 Å². The number of rotatable bonds is 10. The lowest BCUT2D eigenvalue weighted by Crippen LogP contribution is -2.50. The van der Waals surface area contributed by atoms with Crippen LogP contribution >= 0.6 is 22.6 Å². The molecule has 1 aliphatic heterocycles. The number of aromatic amines is 1. The number of halogens is 1. The van der Waals surface area contributed by atoms with E-state index in [0.29, 0.717) is 32.8 Å². The zero-order valence-corrected chi connectivity index (χ0v) is 27.1. The number of amides is 3. The standard InChI is InChI=1S/C34H30IN7O5/c35-26-16-24(15-25(17-26)34(46)42-20-47-19-29(42)22-10-5-2-6-11-22)32(44)37-28(14-21-8-3-1-4-9-21)30(43)33(45)36-27-13-7-12-23(18-27)31-38-40-41-39-31/h1-13,15-18,28-30,43H,14,19-20H2,(H,36,45)(H,37,44)(H,38,39,40,41)/t28-,29+,30-/m0/s1. The van der Waals surface area contributed by atoms with Crippen molar-refractivity contribution in [1.82, 2.24) is 30.8 Å². The van der Waals surface area contributed by atoms with E-state index in [1.54, 1.807) is 41.3 Å². The number of carbonyl (C=O) groups is 3. The number of ether oxygens (including phenoxy) is 1. The predicted octanol–water partition coefficient (Wildman–Crippen LogP) is 3.98. The van der Waals surface area contributed by atoms with Gasteiger partial charge in [-0.15, -0.1) is 10.2 Å². The minimum atomic E-state index is -1.62. The van der Waals surface area contributed by atoms with Gasteiger partial charge in [0.25, 0.3) is 17.7 Å². The summed E-state index contributed by atoms with van der Waals surface area (Å²) < 4.78 is 6.32. The first-order valence-electron chi connectivity index (χ1n) is 14.8.